The third kappa shape index (κ3) is 7.42. The number of benzene rings is 4. The van der Waals surface area contributed by atoms with E-state index in [9.17, 15) is 18.0 Å². The van der Waals surface area contributed by atoms with Gasteiger partial charge >= 0.3 is 0 Å². The number of carbonyl (C=O) groups is 2. The van der Waals surface area contributed by atoms with Crippen molar-refractivity contribution in [2.75, 3.05) is 25.0 Å². The van der Waals surface area contributed by atoms with Crippen molar-refractivity contribution in [3.63, 3.8) is 0 Å². The molecule has 1 N–H and O–H groups in total. The van der Waals surface area contributed by atoms with E-state index in [0.717, 1.165) is 26.6 Å². The smallest absolute Gasteiger partial charge is 0.264 e. The Morgan fingerprint density at radius 1 is 0.837 bits per heavy atom. The summed E-state index contributed by atoms with van der Waals surface area (Å²) in [6.07, 6.45) is 0.241. The molecule has 224 valence electrons. The SMILES string of the molecule is CNC(=O)C(Cc1ccccc1)N(Cc1cccc(OC)c1)C(=O)CN(c1cccc(C)c1C)S(=O)(=O)c1ccccc1. The minimum atomic E-state index is -4.15. The predicted molar refractivity (Wildman–Crippen MR) is 168 cm³/mol. The molecule has 0 aliphatic heterocycles. The molecule has 0 radical (unpaired) electrons. The van der Waals surface area contributed by atoms with E-state index in [1.807, 2.05) is 62.4 Å². The summed E-state index contributed by atoms with van der Waals surface area (Å²) in [5, 5.41) is 2.70. The molecule has 2 amide bonds. The number of carbonyl (C=O) groups excluding carboxylic acids is 2. The lowest BCUT2D eigenvalue weighted by atomic mass is 10.0. The topological polar surface area (TPSA) is 96.0 Å². The van der Waals surface area contributed by atoms with Gasteiger partial charge in [0.2, 0.25) is 11.8 Å². The summed E-state index contributed by atoms with van der Waals surface area (Å²) in [6.45, 7) is 3.28. The average Bonchev–Trinajstić information content (AvgIpc) is 3.03. The largest absolute Gasteiger partial charge is 0.497 e. The van der Waals surface area contributed by atoms with Crippen molar-refractivity contribution in [3.05, 3.63) is 125 Å². The quantitative estimate of drug-likeness (QED) is 0.250. The molecule has 43 heavy (non-hydrogen) atoms. The van der Waals surface area contributed by atoms with Gasteiger partial charge in [-0.15, -0.1) is 0 Å². The number of anilines is 1. The molecule has 1 unspecified atom stereocenters. The highest BCUT2D eigenvalue weighted by Gasteiger charge is 2.34. The highest BCUT2D eigenvalue weighted by molar-refractivity contribution is 7.92. The third-order valence-corrected chi connectivity index (χ3v) is 9.23. The van der Waals surface area contributed by atoms with E-state index in [2.05, 4.69) is 5.32 Å². The minimum absolute atomic E-state index is 0.0625. The molecule has 0 saturated carbocycles. The van der Waals surface area contributed by atoms with Crippen LogP contribution in [0.15, 0.2) is 108 Å². The molecular weight excluding hydrogens is 562 g/mol. The number of nitrogens with one attached hydrogen (secondary N) is 1. The molecule has 1 atom stereocenters. The van der Waals surface area contributed by atoms with Gasteiger partial charge in [0.05, 0.1) is 17.7 Å². The van der Waals surface area contributed by atoms with Crippen LogP contribution in [0.25, 0.3) is 0 Å². The van der Waals surface area contributed by atoms with E-state index in [1.165, 1.54) is 24.1 Å². The Kier molecular flexibility index (Phi) is 10.2. The number of ether oxygens (including phenoxy) is 1. The van der Waals surface area contributed by atoms with Crippen LogP contribution in [-0.2, 0) is 32.6 Å². The number of rotatable bonds is 12. The van der Waals surface area contributed by atoms with Crippen LogP contribution < -0.4 is 14.4 Å². The van der Waals surface area contributed by atoms with E-state index in [-0.39, 0.29) is 23.8 Å². The van der Waals surface area contributed by atoms with E-state index in [1.54, 1.807) is 49.6 Å². The lowest BCUT2D eigenvalue weighted by molar-refractivity contribution is -0.139. The van der Waals surface area contributed by atoms with Crippen molar-refractivity contribution in [1.82, 2.24) is 10.2 Å². The Hall–Kier alpha value is -4.63. The Balaban J connectivity index is 1.82. The summed E-state index contributed by atoms with van der Waals surface area (Å²) in [7, 11) is -1.07. The van der Waals surface area contributed by atoms with E-state index < -0.39 is 28.5 Å². The van der Waals surface area contributed by atoms with Gasteiger partial charge in [-0.25, -0.2) is 8.42 Å². The summed E-state index contributed by atoms with van der Waals surface area (Å²) >= 11 is 0. The van der Waals surface area contributed by atoms with Crippen molar-refractivity contribution in [2.45, 2.75) is 37.8 Å². The van der Waals surface area contributed by atoms with Crippen LogP contribution >= 0.6 is 0 Å². The average molecular weight is 600 g/mol. The van der Waals surface area contributed by atoms with E-state index in [4.69, 9.17) is 4.74 Å². The van der Waals surface area contributed by atoms with Gasteiger partial charge in [-0.05, 0) is 66.4 Å². The van der Waals surface area contributed by atoms with Gasteiger partial charge in [0.25, 0.3) is 10.0 Å². The van der Waals surface area contributed by atoms with Crippen molar-refractivity contribution < 1.29 is 22.7 Å². The molecule has 0 aliphatic carbocycles. The van der Waals surface area contributed by atoms with Crippen molar-refractivity contribution in [3.8, 4) is 5.75 Å². The van der Waals surface area contributed by atoms with Crippen molar-refractivity contribution in [1.29, 1.82) is 0 Å². The second-order valence-electron chi connectivity index (χ2n) is 10.2. The lowest BCUT2D eigenvalue weighted by Crippen LogP contribution is -2.53. The number of hydrogen-bond acceptors (Lipinski definition) is 5. The number of likely N-dealkylation sites (N-methyl/N-ethyl adjacent to an activating group) is 1. The Morgan fingerprint density at radius 3 is 2.12 bits per heavy atom. The Labute approximate surface area is 254 Å². The van der Waals surface area contributed by atoms with Gasteiger partial charge in [-0.3, -0.25) is 13.9 Å². The van der Waals surface area contributed by atoms with E-state index in [0.29, 0.717) is 11.4 Å². The number of nitrogens with zero attached hydrogens (tertiary/aromatic N) is 2. The molecule has 0 bridgehead atoms. The van der Waals surface area contributed by atoms with Crippen LogP contribution in [0.5, 0.6) is 5.75 Å². The summed E-state index contributed by atoms with van der Waals surface area (Å²) in [5.74, 6) is -0.273. The molecule has 4 aromatic carbocycles. The zero-order valence-corrected chi connectivity index (χ0v) is 25.7. The third-order valence-electron chi connectivity index (χ3n) is 7.46. The number of hydrogen-bond donors (Lipinski definition) is 1. The van der Waals surface area contributed by atoms with Gasteiger partial charge in [0, 0.05) is 20.0 Å². The van der Waals surface area contributed by atoms with Crippen LogP contribution in [0.3, 0.4) is 0 Å². The lowest BCUT2D eigenvalue weighted by Gasteiger charge is -2.34. The van der Waals surface area contributed by atoms with Crippen LogP contribution in [0, 0.1) is 13.8 Å². The van der Waals surface area contributed by atoms with Gasteiger partial charge in [-0.2, -0.15) is 0 Å². The number of methoxy groups -OCH3 is 1. The maximum absolute atomic E-state index is 14.4. The Morgan fingerprint density at radius 2 is 1.47 bits per heavy atom. The normalized spacial score (nSPS) is 11.8. The molecular formula is C34H37N3O5S. The monoisotopic (exact) mass is 599 g/mol. The van der Waals surface area contributed by atoms with Crippen molar-refractivity contribution in [2.24, 2.45) is 0 Å². The predicted octanol–water partition coefficient (Wildman–Crippen LogP) is 4.89. The molecule has 0 spiro atoms. The summed E-state index contributed by atoms with van der Waals surface area (Å²) in [6, 6.07) is 29.2. The minimum Gasteiger partial charge on any atom is -0.497 e. The summed E-state index contributed by atoms with van der Waals surface area (Å²) < 4.78 is 34.8. The molecule has 0 aliphatic rings. The number of amides is 2. The number of aryl methyl sites for hydroxylation is 1. The van der Waals surface area contributed by atoms with Crippen LogP contribution in [-0.4, -0.2) is 51.9 Å². The van der Waals surface area contributed by atoms with Gasteiger partial charge < -0.3 is 15.0 Å². The fraction of sp³-hybridized carbons (Fsp3) is 0.235. The first-order chi connectivity index (χ1) is 20.6. The van der Waals surface area contributed by atoms with Crippen LogP contribution in [0.4, 0.5) is 5.69 Å². The van der Waals surface area contributed by atoms with Gasteiger partial charge in [-0.1, -0.05) is 72.8 Å². The van der Waals surface area contributed by atoms with Gasteiger partial charge in [0.15, 0.2) is 0 Å². The maximum atomic E-state index is 14.4. The first-order valence-corrected chi connectivity index (χ1v) is 15.4. The van der Waals surface area contributed by atoms with Crippen LogP contribution in [0.1, 0.15) is 22.3 Å². The molecule has 0 fully saturated rings. The second-order valence-corrected chi connectivity index (χ2v) is 12.1. The molecule has 0 saturated heterocycles. The molecule has 0 heterocycles. The molecule has 9 heteroatoms. The second kappa shape index (κ2) is 14.0. The molecule has 8 nitrogen and oxygen atoms in total. The molecule has 4 aromatic rings. The highest BCUT2D eigenvalue weighted by Crippen LogP contribution is 2.29. The first-order valence-electron chi connectivity index (χ1n) is 14.0. The van der Waals surface area contributed by atoms with Gasteiger partial charge in [0.1, 0.15) is 18.3 Å². The standard InChI is InChI=1S/C34H37N3O5S/c1-25-13-11-20-31(26(25)2)37(43(40,41)30-18-9-6-10-19-30)24-33(38)36(23-28-16-12-17-29(21-28)42-4)32(34(39)35-3)22-27-14-7-5-8-15-27/h5-21,32H,22-24H2,1-4H3,(H,35,39). The van der Waals surface area contributed by atoms with Crippen molar-refractivity contribution >= 4 is 27.5 Å². The number of sulfonamides is 1. The maximum Gasteiger partial charge on any atom is 0.264 e. The zero-order chi connectivity index (χ0) is 31.0. The summed E-state index contributed by atoms with van der Waals surface area (Å²) in [5.41, 5.74) is 3.62. The summed E-state index contributed by atoms with van der Waals surface area (Å²) in [4.78, 5) is 29.3. The molecule has 4 rings (SSSR count). The van der Waals surface area contributed by atoms with E-state index >= 15 is 0 Å². The Bertz CT molecular complexity index is 1660. The molecule has 0 aromatic heterocycles. The fourth-order valence-electron chi connectivity index (χ4n) is 4.93. The fourth-order valence-corrected chi connectivity index (χ4v) is 6.42. The van der Waals surface area contributed by atoms with Crippen LogP contribution in [0.2, 0.25) is 0 Å². The first kappa shape index (κ1) is 31.3. The zero-order valence-electron chi connectivity index (χ0n) is 24.9. The highest BCUT2D eigenvalue weighted by atomic mass is 32.2.